The number of carbonyl (C=O) groups excluding carboxylic acids is 4. The van der Waals surface area contributed by atoms with Crippen LogP contribution in [0.4, 0.5) is 0 Å². The van der Waals surface area contributed by atoms with Crippen LogP contribution >= 0.6 is 0 Å². The fourth-order valence-corrected chi connectivity index (χ4v) is 5.66. The lowest BCUT2D eigenvalue weighted by Gasteiger charge is -2.39. The molecule has 3 fully saturated rings. The summed E-state index contributed by atoms with van der Waals surface area (Å²) in [5.41, 5.74) is 7.04. The minimum atomic E-state index is -0.616. The van der Waals surface area contributed by atoms with Gasteiger partial charge in [0.2, 0.25) is 0 Å². The van der Waals surface area contributed by atoms with E-state index in [2.05, 4.69) is 9.89 Å². The molecule has 0 radical (unpaired) electrons. The van der Waals surface area contributed by atoms with Crippen molar-refractivity contribution in [3.05, 3.63) is 29.3 Å². The highest BCUT2D eigenvalue weighted by Gasteiger charge is 2.44. The van der Waals surface area contributed by atoms with Crippen molar-refractivity contribution in [3.63, 3.8) is 0 Å². The van der Waals surface area contributed by atoms with E-state index in [1.54, 1.807) is 23.1 Å². The average Bonchev–Trinajstić information content (AvgIpc) is 3.17. The summed E-state index contributed by atoms with van der Waals surface area (Å²) in [6, 6.07) is 4.48. The van der Waals surface area contributed by atoms with Gasteiger partial charge < -0.3 is 20.1 Å². The molecule has 0 bridgehead atoms. The summed E-state index contributed by atoms with van der Waals surface area (Å²) < 4.78 is 11.1. The van der Waals surface area contributed by atoms with Gasteiger partial charge in [-0.2, -0.15) is 4.99 Å². The van der Waals surface area contributed by atoms with Crippen molar-refractivity contribution in [2.75, 3.05) is 39.5 Å². The minimum Gasteiger partial charge on any atom is -0.483 e. The molecule has 1 saturated heterocycles. The number of benzene rings is 1. The summed E-state index contributed by atoms with van der Waals surface area (Å²) >= 11 is 0. The fraction of sp³-hybridized carbons (Fsp3) is 0.577. The summed E-state index contributed by atoms with van der Waals surface area (Å²) in [6.07, 6.45) is 2.79. The Morgan fingerprint density at radius 1 is 1.11 bits per heavy atom. The number of fused-ring (bicyclic) bond motifs is 2. The van der Waals surface area contributed by atoms with Crippen LogP contribution in [0, 0.1) is 11.8 Å². The molecule has 1 aromatic carbocycles. The number of morpholine rings is 1. The van der Waals surface area contributed by atoms with Gasteiger partial charge in [0.1, 0.15) is 17.4 Å². The predicted octanol–water partition coefficient (Wildman–Crippen LogP) is 0.954. The van der Waals surface area contributed by atoms with Gasteiger partial charge in [-0.25, -0.2) is 0 Å². The number of amidine groups is 1. The van der Waals surface area contributed by atoms with Crippen molar-refractivity contribution in [3.8, 4) is 5.75 Å². The molecule has 10 nitrogen and oxygen atoms in total. The number of carbonyl (C=O) groups is 4. The van der Waals surface area contributed by atoms with Crippen molar-refractivity contribution in [2.45, 2.75) is 44.7 Å². The molecule has 2 saturated carbocycles. The van der Waals surface area contributed by atoms with Crippen LogP contribution in [0.5, 0.6) is 5.75 Å². The molecule has 1 aromatic rings. The quantitative estimate of drug-likeness (QED) is 0.455. The summed E-state index contributed by atoms with van der Waals surface area (Å²) in [5, 5.41) is 0. The molecule has 2 aliphatic carbocycles. The number of Topliss-reactive ketones (excluding diaryl/α,β-unsaturated/α-hetero) is 2. The van der Waals surface area contributed by atoms with E-state index in [-0.39, 0.29) is 48.3 Å². The monoisotopic (exact) mass is 496 g/mol. The summed E-state index contributed by atoms with van der Waals surface area (Å²) in [5.74, 6) is 0.251. The molecule has 2 amide bonds. The highest BCUT2D eigenvalue weighted by atomic mass is 16.5. The van der Waals surface area contributed by atoms with Gasteiger partial charge in [-0.15, -0.1) is 0 Å². The van der Waals surface area contributed by atoms with E-state index in [0.29, 0.717) is 55.9 Å². The lowest BCUT2D eigenvalue weighted by molar-refractivity contribution is -0.135. The van der Waals surface area contributed by atoms with E-state index in [0.717, 1.165) is 25.9 Å². The molecule has 2 N–H and O–H groups in total. The zero-order chi connectivity index (χ0) is 25.2. The Labute approximate surface area is 209 Å². The van der Waals surface area contributed by atoms with Crippen LogP contribution in [-0.2, 0) is 25.7 Å². The topological polar surface area (TPSA) is 132 Å². The zero-order valence-electron chi connectivity index (χ0n) is 20.3. The number of rotatable bonds is 6. The molecule has 0 aromatic heterocycles. The Morgan fingerprint density at radius 3 is 2.67 bits per heavy atom. The van der Waals surface area contributed by atoms with E-state index in [1.165, 1.54) is 0 Å². The first kappa shape index (κ1) is 24.6. The second-order valence-electron chi connectivity index (χ2n) is 10.0. The number of ketones is 2. The van der Waals surface area contributed by atoms with Crippen LogP contribution < -0.4 is 10.5 Å². The minimum absolute atomic E-state index is 0.0180. The van der Waals surface area contributed by atoms with Gasteiger partial charge in [0, 0.05) is 43.0 Å². The first-order valence-corrected chi connectivity index (χ1v) is 12.7. The molecule has 3 unspecified atom stereocenters. The second kappa shape index (κ2) is 10.5. The van der Waals surface area contributed by atoms with Crippen LogP contribution in [0.2, 0.25) is 0 Å². The van der Waals surface area contributed by atoms with Crippen molar-refractivity contribution in [1.82, 2.24) is 9.80 Å². The normalized spacial score (nSPS) is 27.1. The third-order valence-corrected chi connectivity index (χ3v) is 7.77. The zero-order valence-corrected chi connectivity index (χ0v) is 20.3. The third-order valence-electron chi connectivity index (χ3n) is 7.77. The Morgan fingerprint density at radius 2 is 1.92 bits per heavy atom. The standard InChI is InChI=1S/C26H32N4O6/c27-24(14-29-8-10-35-11-9-29)28-25(33)15-36-23-3-1-2-18-19(23)13-30(26(18)34)20-6-7-21(31)17-5-4-16(17)12-22(20)32/h1-3,16-17,20H,4-15H2,(H2,27,28,33). The Balaban J connectivity index is 1.23. The molecule has 5 rings (SSSR count). The first-order valence-electron chi connectivity index (χ1n) is 12.7. The number of hydrogen-bond donors (Lipinski definition) is 1. The summed E-state index contributed by atoms with van der Waals surface area (Å²) in [6.45, 7) is 3.01. The molecule has 10 heteroatoms. The van der Waals surface area contributed by atoms with Gasteiger partial charge >= 0.3 is 0 Å². The SMILES string of the molecule is NC(CN1CCOCC1)=NC(=O)COc1cccc2c1CN(C1CCC(=O)C3CCC3CC1=O)C2=O. The molecule has 192 valence electrons. The first-order chi connectivity index (χ1) is 17.4. The highest BCUT2D eigenvalue weighted by Crippen LogP contribution is 2.42. The molecular weight excluding hydrogens is 464 g/mol. The maximum atomic E-state index is 13.2. The number of hydrogen-bond acceptors (Lipinski definition) is 7. The predicted molar refractivity (Wildman–Crippen MR) is 130 cm³/mol. The van der Waals surface area contributed by atoms with Crippen LogP contribution in [0.15, 0.2) is 23.2 Å². The molecular formula is C26H32N4O6. The lowest BCUT2D eigenvalue weighted by Crippen LogP contribution is -2.46. The Hall–Kier alpha value is -3.11. The van der Waals surface area contributed by atoms with E-state index in [4.69, 9.17) is 15.2 Å². The Bertz CT molecular complexity index is 1100. The van der Waals surface area contributed by atoms with Crippen LogP contribution in [0.25, 0.3) is 0 Å². The summed E-state index contributed by atoms with van der Waals surface area (Å²) in [4.78, 5) is 58.7. The smallest absolute Gasteiger partial charge is 0.285 e. The third kappa shape index (κ3) is 5.05. The van der Waals surface area contributed by atoms with Gasteiger partial charge in [-0.05, 0) is 37.3 Å². The van der Waals surface area contributed by atoms with Crippen LogP contribution in [0.1, 0.15) is 48.0 Å². The van der Waals surface area contributed by atoms with Crippen molar-refractivity contribution >= 4 is 29.2 Å². The van der Waals surface area contributed by atoms with E-state index >= 15 is 0 Å². The van der Waals surface area contributed by atoms with Gasteiger partial charge in [0.25, 0.3) is 11.8 Å². The van der Waals surface area contributed by atoms with E-state index in [9.17, 15) is 19.2 Å². The number of aliphatic imine (C=N–C) groups is 1. The number of ether oxygens (including phenoxy) is 2. The summed E-state index contributed by atoms with van der Waals surface area (Å²) in [7, 11) is 0. The van der Waals surface area contributed by atoms with Gasteiger partial charge in [0.05, 0.1) is 32.3 Å². The number of nitrogens with zero attached hydrogens (tertiary/aromatic N) is 3. The lowest BCUT2D eigenvalue weighted by atomic mass is 9.66. The molecule has 4 aliphatic rings. The van der Waals surface area contributed by atoms with E-state index in [1.807, 2.05) is 0 Å². The van der Waals surface area contributed by atoms with Gasteiger partial charge in [-0.3, -0.25) is 24.1 Å². The maximum Gasteiger partial charge on any atom is 0.285 e. The largest absolute Gasteiger partial charge is 0.483 e. The van der Waals surface area contributed by atoms with Crippen LogP contribution in [0.3, 0.4) is 0 Å². The average molecular weight is 497 g/mol. The van der Waals surface area contributed by atoms with Gasteiger partial charge in [0.15, 0.2) is 12.4 Å². The maximum absolute atomic E-state index is 13.2. The van der Waals surface area contributed by atoms with E-state index < -0.39 is 11.9 Å². The van der Waals surface area contributed by atoms with Crippen molar-refractivity contribution in [1.29, 1.82) is 0 Å². The van der Waals surface area contributed by atoms with Gasteiger partial charge in [-0.1, -0.05) is 6.07 Å². The second-order valence-corrected chi connectivity index (χ2v) is 10.0. The molecule has 3 atom stereocenters. The molecule has 0 spiro atoms. The van der Waals surface area contributed by atoms with Crippen molar-refractivity contribution in [2.24, 2.45) is 22.6 Å². The number of amides is 2. The molecule has 2 aliphatic heterocycles. The number of nitrogens with two attached hydrogens (primary N) is 1. The van der Waals surface area contributed by atoms with Crippen LogP contribution in [-0.4, -0.2) is 84.5 Å². The molecule has 2 heterocycles. The fourth-order valence-electron chi connectivity index (χ4n) is 5.66. The molecule has 36 heavy (non-hydrogen) atoms. The highest BCUT2D eigenvalue weighted by molar-refractivity contribution is 6.02. The van der Waals surface area contributed by atoms with Crippen molar-refractivity contribution < 1.29 is 28.7 Å². The Kier molecular flexibility index (Phi) is 7.15.